The Morgan fingerprint density at radius 3 is 2.90 bits per heavy atom. The summed E-state index contributed by atoms with van der Waals surface area (Å²) in [6.07, 6.45) is 2.63. The molecule has 0 spiro atoms. The lowest BCUT2D eigenvalue weighted by molar-refractivity contribution is 0.181. The van der Waals surface area contributed by atoms with Crippen molar-refractivity contribution in [3.05, 3.63) is 29.3 Å². The number of rotatable bonds is 5. The van der Waals surface area contributed by atoms with Crippen LogP contribution in [-0.4, -0.2) is 48.9 Å². The number of carbonyl (C=O) groups is 1. The van der Waals surface area contributed by atoms with E-state index in [1.165, 1.54) is 11.1 Å². The van der Waals surface area contributed by atoms with Crippen LogP contribution in [0.25, 0.3) is 0 Å². The van der Waals surface area contributed by atoms with Crippen molar-refractivity contribution < 1.29 is 14.6 Å². The van der Waals surface area contributed by atoms with E-state index in [9.17, 15) is 4.79 Å². The number of fused-ring (bicyclic) bond motifs is 1. The summed E-state index contributed by atoms with van der Waals surface area (Å²) in [5.74, 6) is 0. The molecule has 5 nitrogen and oxygen atoms in total. The number of aliphatic hydroxyl groups excluding tert-OH is 1. The first kappa shape index (κ1) is 14.4. The van der Waals surface area contributed by atoms with Gasteiger partial charge in [0.2, 0.25) is 0 Å². The van der Waals surface area contributed by atoms with Crippen molar-refractivity contribution in [3.63, 3.8) is 0 Å². The van der Waals surface area contributed by atoms with E-state index in [2.05, 4.69) is 11.0 Å². The molecular weight excluding hydrogens is 268 g/mol. The van der Waals surface area contributed by atoms with Crippen LogP contribution >= 0.6 is 0 Å². The normalized spacial score (nSPS) is 18.7. The van der Waals surface area contributed by atoms with Crippen LogP contribution in [0.15, 0.2) is 18.2 Å². The van der Waals surface area contributed by atoms with Gasteiger partial charge in [-0.2, -0.15) is 0 Å². The zero-order valence-corrected chi connectivity index (χ0v) is 12.3. The van der Waals surface area contributed by atoms with Crippen LogP contribution in [0.1, 0.15) is 24.0 Å². The quantitative estimate of drug-likeness (QED) is 0.840. The van der Waals surface area contributed by atoms with Crippen molar-refractivity contribution in [2.75, 3.05) is 37.7 Å². The number of hydrogen-bond donors (Lipinski definition) is 1. The molecule has 1 aromatic carbocycles. The summed E-state index contributed by atoms with van der Waals surface area (Å²) in [7, 11) is 0. The van der Waals surface area contributed by atoms with Gasteiger partial charge in [-0.25, -0.2) is 4.79 Å². The van der Waals surface area contributed by atoms with Crippen molar-refractivity contribution in [1.29, 1.82) is 0 Å². The third-order valence-electron chi connectivity index (χ3n) is 4.25. The minimum Gasteiger partial charge on any atom is -0.447 e. The van der Waals surface area contributed by atoms with Crippen molar-refractivity contribution >= 4 is 11.8 Å². The smallest absolute Gasteiger partial charge is 0.414 e. The van der Waals surface area contributed by atoms with Crippen molar-refractivity contribution in [3.8, 4) is 0 Å². The van der Waals surface area contributed by atoms with Crippen LogP contribution in [0.2, 0.25) is 0 Å². The highest BCUT2D eigenvalue weighted by Crippen LogP contribution is 2.30. The second-order valence-corrected chi connectivity index (χ2v) is 5.64. The number of aliphatic hydroxyl groups is 1. The molecule has 0 bridgehead atoms. The maximum Gasteiger partial charge on any atom is 0.414 e. The van der Waals surface area contributed by atoms with E-state index in [4.69, 9.17) is 9.84 Å². The van der Waals surface area contributed by atoms with Gasteiger partial charge in [-0.3, -0.25) is 9.80 Å². The Morgan fingerprint density at radius 2 is 2.14 bits per heavy atom. The van der Waals surface area contributed by atoms with Gasteiger partial charge in [-0.05, 0) is 43.0 Å². The topological polar surface area (TPSA) is 53.0 Å². The first-order valence-electron chi connectivity index (χ1n) is 7.68. The van der Waals surface area contributed by atoms with Gasteiger partial charge in [0.1, 0.15) is 6.61 Å². The number of carbonyl (C=O) groups excluding carboxylic acids is 1. The average molecular weight is 290 g/mol. The van der Waals surface area contributed by atoms with Gasteiger partial charge in [0.15, 0.2) is 0 Å². The number of hydrogen-bond acceptors (Lipinski definition) is 4. The zero-order chi connectivity index (χ0) is 14.7. The molecule has 1 amide bonds. The van der Waals surface area contributed by atoms with Gasteiger partial charge in [-0.1, -0.05) is 12.1 Å². The third-order valence-corrected chi connectivity index (χ3v) is 4.25. The molecular formula is C16H22N2O3. The molecule has 114 valence electrons. The maximum atomic E-state index is 11.8. The molecule has 2 aliphatic heterocycles. The Morgan fingerprint density at radius 1 is 1.24 bits per heavy atom. The summed E-state index contributed by atoms with van der Waals surface area (Å²) in [5.41, 5.74) is 3.61. The third kappa shape index (κ3) is 3.04. The zero-order valence-electron chi connectivity index (χ0n) is 12.3. The molecule has 1 fully saturated rings. The Kier molecular flexibility index (Phi) is 4.41. The van der Waals surface area contributed by atoms with Crippen molar-refractivity contribution in [2.24, 2.45) is 0 Å². The summed E-state index contributed by atoms with van der Waals surface area (Å²) in [5, 5.41) is 8.87. The summed E-state index contributed by atoms with van der Waals surface area (Å²) in [4.78, 5) is 15.9. The number of benzene rings is 1. The van der Waals surface area contributed by atoms with Crippen LogP contribution in [0, 0.1) is 0 Å². The van der Waals surface area contributed by atoms with E-state index in [-0.39, 0.29) is 12.7 Å². The van der Waals surface area contributed by atoms with Gasteiger partial charge < -0.3 is 9.84 Å². The van der Waals surface area contributed by atoms with Crippen LogP contribution in [-0.2, 0) is 17.7 Å². The van der Waals surface area contributed by atoms with Crippen LogP contribution in [0.5, 0.6) is 0 Å². The Labute approximate surface area is 125 Å². The number of amides is 1. The molecule has 0 aliphatic carbocycles. The van der Waals surface area contributed by atoms with Crippen LogP contribution in [0.3, 0.4) is 0 Å². The SMILES string of the molecule is O=C1OCCN1c1cccc2c1CCN(CCCCO)C2. The number of ether oxygens (including phenoxy) is 1. The van der Waals surface area contributed by atoms with Crippen molar-refractivity contribution in [1.82, 2.24) is 4.90 Å². The first-order valence-corrected chi connectivity index (χ1v) is 7.68. The van der Waals surface area contributed by atoms with Crippen LogP contribution < -0.4 is 4.90 Å². The fourth-order valence-electron chi connectivity index (χ4n) is 3.15. The van der Waals surface area contributed by atoms with Gasteiger partial charge in [0.25, 0.3) is 0 Å². The molecule has 3 rings (SSSR count). The Balaban J connectivity index is 1.74. The molecule has 1 saturated heterocycles. The molecule has 5 heteroatoms. The molecule has 2 aliphatic rings. The summed E-state index contributed by atoms with van der Waals surface area (Å²) < 4.78 is 5.05. The predicted molar refractivity (Wildman–Crippen MR) is 80.4 cm³/mol. The Hall–Kier alpha value is -1.59. The summed E-state index contributed by atoms with van der Waals surface area (Å²) in [6, 6.07) is 6.20. The van der Waals surface area contributed by atoms with E-state index >= 15 is 0 Å². The minimum atomic E-state index is -0.228. The fraction of sp³-hybridized carbons (Fsp3) is 0.562. The lowest BCUT2D eigenvalue weighted by atomic mass is 9.97. The number of nitrogens with zero attached hydrogens (tertiary/aromatic N) is 2. The molecule has 0 unspecified atom stereocenters. The molecule has 2 heterocycles. The van der Waals surface area contributed by atoms with Gasteiger partial charge >= 0.3 is 6.09 Å². The molecule has 0 aromatic heterocycles. The molecule has 21 heavy (non-hydrogen) atoms. The van der Waals surface area contributed by atoms with E-state index < -0.39 is 0 Å². The first-order chi connectivity index (χ1) is 10.3. The summed E-state index contributed by atoms with van der Waals surface area (Å²) >= 11 is 0. The second kappa shape index (κ2) is 6.45. The van der Waals surface area contributed by atoms with Gasteiger partial charge in [0, 0.05) is 19.7 Å². The van der Waals surface area contributed by atoms with E-state index in [0.717, 1.165) is 44.6 Å². The number of unbranched alkanes of at least 4 members (excludes halogenated alkanes) is 1. The largest absolute Gasteiger partial charge is 0.447 e. The lowest BCUT2D eigenvalue weighted by Crippen LogP contribution is -2.33. The fourth-order valence-corrected chi connectivity index (χ4v) is 3.15. The molecule has 1 aromatic rings. The Bertz CT molecular complexity index is 518. The van der Waals surface area contributed by atoms with E-state index in [1.807, 2.05) is 12.1 Å². The highest BCUT2D eigenvalue weighted by Gasteiger charge is 2.28. The standard InChI is InChI=1S/C16H22N2O3/c19-10-2-1-7-17-8-6-14-13(12-17)4-3-5-15(14)18-9-11-21-16(18)20/h3-5,19H,1-2,6-12H2. The van der Waals surface area contributed by atoms with E-state index in [0.29, 0.717) is 13.2 Å². The summed E-state index contributed by atoms with van der Waals surface area (Å²) in [6.45, 7) is 4.36. The maximum absolute atomic E-state index is 11.8. The monoisotopic (exact) mass is 290 g/mol. The molecule has 1 N–H and O–H groups in total. The highest BCUT2D eigenvalue weighted by atomic mass is 16.6. The van der Waals surface area contributed by atoms with Gasteiger partial charge in [0.05, 0.1) is 12.2 Å². The lowest BCUT2D eigenvalue weighted by Gasteiger charge is -2.31. The predicted octanol–water partition coefficient (Wildman–Crippen LogP) is 1.77. The number of anilines is 1. The van der Waals surface area contributed by atoms with Crippen molar-refractivity contribution in [2.45, 2.75) is 25.8 Å². The molecule has 0 atom stereocenters. The second-order valence-electron chi connectivity index (χ2n) is 5.64. The molecule has 0 saturated carbocycles. The highest BCUT2D eigenvalue weighted by molar-refractivity contribution is 5.90. The molecule has 0 radical (unpaired) electrons. The van der Waals surface area contributed by atoms with Gasteiger partial charge in [-0.15, -0.1) is 0 Å². The number of cyclic esters (lactones) is 1. The van der Waals surface area contributed by atoms with E-state index in [1.54, 1.807) is 4.90 Å². The minimum absolute atomic E-state index is 0.228. The average Bonchev–Trinajstić information content (AvgIpc) is 2.93. The van der Waals surface area contributed by atoms with Crippen LogP contribution in [0.4, 0.5) is 10.5 Å².